The third kappa shape index (κ3) is 2.51. The van der Waals surface area contributed by atoms with Crippen LogP contribution in [0.25, 0.3) is 6.08 Å². The molecule has 0 aromatic carbocycles. The molecular formula is C15H17N3O2S. The third-order valence-electron chi connectivity index (χ3n) is 3.64. The van der Waals surface area contributed by atoms with Gasteiger partial charge in [-0.05, 0) is 32.1 Å². The molecule has 0 radical (unpaired) electrons. The van der Waals surface area contributed by atoms with Crippen molar-refractivity contribution in [2.24, 2.45) is 7.05 Å². The van der Waals surface area contributed by atoms with Gasteiger partial charge in [0.25, 0.3) is 5.91 Å². The lowest BCUT2D eigenvalue weighted by atomic mass is 10.2. The van der Waals surface area contributed by atoms with Crippen LogP contribution >= 0.6 is 11.8 Å². The molecule has 5 nitrogen and oxygen atoms in total. The van der Waals surface area contributed by atoms with E-state index in [1.807, 2.05) is 25.6 Å². The molecule has 0 N–H and O–H groups in total. The smallest absolute Gasteiger partial charge is 0.294 e. The third-order valence-corrected chi connectivity index (χ3v) is 4.66. The van der Waals surface area contributed by atoms with Crippen LogP contribution in [0.15, 0.2) is 27.8 Å². The van der Waals surface area contributed by atoms with Gasteiger partial charge < -0.3 is 4.42 Å². The van der Waals surface area contributed by atoms with Crippen molar-refractivity contribution in [1.29, 1.82) is 0 Å². The van der Waals surface area contributed by atoms with Crippen LogP contribution in [0.3, 0.4) is 0 Å². The number of carbonyl (C=O) groups is 1. The Kier molecular flexibility index (Phi) is 3.63. The molecule has 1 amide bonds. The molecule has 0 aliphatic carbocycles. The largest absolute Gasteiger partial charge is 0.459 e. The summed E-state index contributed by atoms with van der Waals surface area (Å²) in [4.78, 5) is 14.2. The van der Waals surface area contributed by atoms with Crippen molar-refractivity contribution >= 4 is 23.7 Å². The Labute approximate surface area is 127 Å². The van der Waals surface area contributed by atoms with Crippen molar-refractivity contribution in [3.8, 4) is 0 Å². The van der Waals surface area contributed by atoms with Crippen molar-refractivity contribution in [2.75, 3.05) is 12.3 Å². The SMILES string of the molecule is Cc1nn(C)c(C)c1/C=C1/SCCN1C(=O)c1ccco1. The molecule has 110 valence electrons. The zero-order valence-electron chi connectivity index (χ0n) is 12.3. The fourth-order valence-corrected chi connectivity index (χ4v) is 3.42. The maximum atomic E-state index is 12.4. The Morgan fingerprint density at radius 1 is 1.48 bits per heavy atom. The zero-order chi connectivity index (χ0) is 15.0. The van der Waals surface area contributed by atoms with E-state index in [0.29, 0.717) is 12.3 Å². The molecular weight excluding hydrogens is 286 g/mol. The molecule has 2 aromatic rings. The first-order chi connectivity index (χ1) is 10.1. The van der Waals surface area contributed by atoms with E-state index in [9.17, 15) is 4.79 Å². The van der Waals surface area contributed by atoms with Crippen LogP contribution < -0.4 is 0 Å². The van der Waals surface area contributed by atoms with Gasteiger partial charge in [0.1, 0.15) is 0 Å². The van der Waals surface area contributed by atoms with E-state index in [-0.39, 0.29) is 5.91 Å². The highest BCUT2D eigenvalue weighted by molar-refractivity contribution is 8.03. The van der Waals surface area contributed by atoms with Gasteiger partial charge in [0.05, 0.1) is 17.0 Å². The molecule has 1 saturated heterocycles. The maximum Gasteiger partial charge on any atom is 0.294 e. The molecule has 21 heavy (non-hydrogen) atoms. The Bertz CT molecular complexity index is 701. The molecule has 1 aliphatic rings. The molecule has 0 saturated carbocycles. The van der Waals surface area contributed by atoms with Crippen LogP contribution in [0.1, 0.15) is 27.5 Å². The van der Waals surface area contributed by atoms with Crippen LogP contribution in [0, 0.1) is 13.8 Å². The quantitative estimate of drug-likeness (QED) is 0.856. The van der Waals surface area contributed by atoms with Gasteiger partial charge in [-0.25, -0.2) is 0 Å². The molecule has 0 bridgehead atoms. The average Bonchev–Trinajstić information content (AvgIpc) is 3.17. The van der Waals surface area contributed by atoms with E-state index in [0.717, 1.165) is 27.7 Å². The highest BCUT2D eigenvalue weighted by Crippen LogP contribution is 2.32. The molecule has 0 unspecified atom stereocenters. The summed E-state index contributed by atoms with van der Waals surface area (Å²) >= 11 is 1.69. The van der Waals surface area contributed by atoms with E-state index in [2.05, 4.69) is 11.2 Å². The first-order valence-corrected chi connectivity index (χ1v) is 7.76. The van der Waals surface area contributed by atoms with Crippen LogP contribution in [0.5, 0.6) is 0 Å². The van der Waals surface area contributed by atoms with E-state index < -0.39 is 0 Å². The number of hydrogen-bond acceptors (Lipinski definition) is 4. The van der Waals surface area contributed by atoms with Crippen LogP contribution in [0.4, 0.5) is 0 Å². The number of aromatic nitrogens is 2. The minimum Gasteiger partial charge on any atom is -0.459 e. The maximum absolute atomic E-state index is 12.4. The number of carbonyl (C=O) groups excluding carboxylic acids is 1. The summed E-state index contributed by atoms with van der Waals surface area (Å²) in [7, 11) is 1.93. The fraction of sp³-hybridized carbons (Fsp3) is 0.333. The van der Waals surface area contributed by atoms with Crippen LogP contribution in [0.2, 0.25) is 0 Å². The summed E-state index contributed by atoms with van der Waals surface area (Å²) in [5.41, 5.74) is 3.15. The minimum atomic E-state index is -0.0875. The van der Waals surface area contributed by atoms with Crippen molar-refractivity contribution in [1.82, 2.24) is 14.7 Å². The average molecular weight is 303 g/mol. The summed E-state index contributed by atoms with van der Waals surface area (Å²) in [6, 6.07) is 3.43. The Balaban J connectivity index is 1.94. The summed E-state index contributed by atoms with van der Waals surface area (Å²) in [5.74, 6) is 1.19. The molecule has 3 rings (SSSR count). The van der Waals surface area contributed by atoms with Crippen molar-refractivity contribution in [3.63, 3.8) is 0 Å². The van der Waals surface area contributed by atoms with Gasteiger partial charge in [-0.3, -0.25) is 14.4 Å². The molecule has 0 spiro atoms. The summed E-state index contributed by atoms with van der Waals surface area (Å²) in [5, 5.41) is 5.37. The second-order valence-electron chi connectivity index (χ2n) is 4.97. The number of aryl methyl sites for hydroxylation is 2. The summed E-state index contributed by atoms with van der Waals surface area (Å²) in [6.45, 7) is 4.72. The first kappa shape index (κ1) is 14.0. The lowest BCUT2D eigenvalue weighted by Gasteiger charge is -2.15. The van der Waals surface area contributed by atoms with E-state index in [1.54, 1.807) is 28.8 Å². The minimum absolute atomic E-state index is 0.0875. The molecule has 1 fully saturated rings. The van der Waals surface area contributed by atoms with E-state index >= 15 is 0 Å². The molecule has 2 aromatic heterocycles. The number of furan rings is 1. The Hall–Kier alpha value is -1.95. The van der Waals surface area contributed by atoms with Gasteiger partial charge >= 0.3 is 0 Å². The van der Waals surface area contributed by atoms with Gasteiger partial charge in [-0.2, -0.15) is 5.10 Å². The Morgan fingerprint density at radius 2 is 2.29 bits per heavy atom. The lowest BCUT2D eigenvalue weighted by molar-refractivity contribution is 0.0800. The number of thioether (sulfide) groups is 1. The highest BCUT2D eigenvalue weighted by atomic mass is 32.2. The number of hydrogen-bond donors (Lipinski definition) is 0. The number of amides is 1. The van der Waals surface area contributed by atoms with Gasteiger partial charge in [0.15, 0.2) is 5.76 Å². The van der Waals surface area contributed by atoms with Crippen molar-refractivity contribution < 1.29 is 9.21 Å². The van der Waals surface area contributed by atoms with Crippen molar-refractivity contribution in [2.45, 2.75) is 13.8 Å². The monoisotopic (exact) mass is 303 g/mol. The standard InChI is InChI=1S/C15H17N3O2S/c1-10-12(11(2)17(3)16-10)9-14-18(6-8-21-14)15(19)13-5-4-7-20-13/h4-5,7,9H,6,8H2,1-3H3/b14-9+. The van der Waals surface area contributed by atoms with Crippen LogP contribution in [-0.4, -0.2) is 32.9 Å². The van der Waals surface area contributed by atoms with Crippen molar-refractivity contribution in [3.05, 3.63) is 46.1 Å². The van der Waals surface area contributed by atoms with E-state index in [4.69, 9.17) is 4.42 Å². The fourth-order valence-electron chi connectivity index (χ4n) is 2.41. The number of rotatable bonds is 2. The van der Waals surface area contributed by atoms with Gasteiger partial charge in [0, 0.05) is 30.6 Å². The highest BCUT2D eigenvalue weighted by Gasteiger charge is 2.27. The second-order valence-corrected chi connectivity index (χ2v) is 6.09. The zero-order valence-corrected chi connectivity index (χ0v) is 13.1. The summed E-state index contributed by atoms with van der Waals surface area (Å²) < 4.78 is 7.07. The predicted octanol–water partition coefficient (Wildman–Crippen LogP) is 2.82. The van der Waals surface area contributed by atoms with E-state index in [1.165, 1.54) is 6.26 Å². The predicted molar refractivity (Wildman–Crippen MR) is 82.9 cm³/mol. The second kappa shape index (κ2) is 5.44. The van der Waals surface area contributed by atoms with Gasteiger partial charge in [0.2, 0.25) is 0 Å². The lowest BCUT2D eigenvalue weighted by Crippen LogP contribution is -2.26. The normalized spacial score (nSPS) is 16.9. The molecule has 1 aliphatic heterocycles. The van der Waals surface area contributed by atoms with Gasteiger partial charge in [-0.15, -0.1) is 11.8 Å². The Morgan fingerprint density at radius 3 is 2.90 bits per heavy atom. The number of nitrogens with zero attached hydrogens (tertiary/aromatic N) is 3. The van der Waals surface area contributed by atoms with Crippen LogP contribution in [-0.2, 0) is 7.05 Å². The topological polar surface area (TPSA) is 51.3 Å². The summed E-state index contributed by atoms with van der Waals surface area (Å²) in [6.07, 6.45) is 3.57. The first-order valence-electron chi connectivity index (χ1n) is 6.78. The molecule has 3 heterocycles. The molecule has 0 atom stereocenters. The molecule has 6 heteroatoms. The van der Waals surface area contributed by atoms with Gasteiger partial charge in [-0.1, -0.05) is 0 Å².